The molecular formula is C20H26N2O2. The normalized spacial score (nSPS) is 25.7. The average Bonchev–Trinajstić information content (AvgIpc) is 3.36. The molecule has 0 aromatic heterocycles. The fraction of sp³-hybridized carbons (Fsp3) is 0.600. The van der Waals surface area contributed by atoms with Crippen molar-refractivity contribution in [3.05, 3.63) is 35.9 Å². The highest BCUT2D eigenvalue weighted by molar-refractivity contribution is 5.95. The van der Waals surface area contributed by atoms with Gasteiger partial charge in [-0.3, -0.25) is 9.59 Å². The Morgan fingerprint density at radius 2 is 1.75 bits per heavy atom. The van der Waals surface area contributed by atoms with E-state index in [0.29, 0.717) is 12.6 Å². The molecule has 1 aromatic carbocycles. The second-order valence-corrected chi connectivity index (χ2v) is 7.81. The van der Waals surface area contributed by atoms with E-state index >= 15 is 0 Å². The Labute approximate surface area is 143 Å². The SMILES string of the molecule is O=C(NC1CC1)C1CN(C(=O)c2ccccc2)CC12CCCCC2. The van der Waals surface area contributed by atoms with Gasteiger partial charge in [0.15, 0.2) is 0 Å². The summed E-state index contributed by atoms with van der Waals surface area (Å²) < 4.78 is 0. The number of carbonyl (C=O) groups excluding carboxylic acids is 2. The quantitative estimate of drug-likeness (QED) is 0.928. The third kappa shape index (κ3) is 2.94. The molecule has 3 fully saturated rings. The Morgan fingerprint density at radius 1 is 1.04 bits per heavy atom. The summed E-state index contributed by atoms with van der Waals surface area (Å²) in [6, 6.07) is 9.85. The summed E-state index contributed by atoms with van der Waals surface area (Å²) in [7, 11) is 0. The zero-order valence-corrected chi connectivity index (χ0v) is 14.2. The van der Waals surface area contributed by atoms with E-state index < -0.39 is 0 Å². The van der Waals surface area contributed by atoms with Crippen molar-refractivity contribution < 1.29 is 9.59 Å². The number of nitrogens with zero attached hydrogens (tertiary/aromatic N) is 1. The first-order chi connectivity index (χ1) is 11.7. The maximum atomic E-state index is 12.9. The summed E-state index contributed by atoms with van der Waals surface area (Å²) in [6.45, 7) is 1.32. The Balaban J connectivity index is 1.55. The molecule has 4 rings (SSSR count). The van der Waals surface area contributed by atoms with Crippen LogP contribution in [0.1, 0.15) is 55.3 Å². The number of amides is 2. The Hall–Kier alpha value is -1.84. The number of hydrogen-bond acceptors (Lipinski definition) is 2. The molecule has 4 heteroatoms. The lowest BCUT2D eigenvalue weighted by molar-refractivity contribution is -0.128. The van der Waals surface area contributed by atoms with Crippen LogP contribution in [0.4, 0.5) is 0 Å². The van der Waals surface area contributed by atoms with E-state index in [1.165, 1.54) is 19.3 Å². The lowest BCUT2D eigenvalue weighted by atomic mass is 9.67. The van der Waals surface area contributed by atoms with Gasteiger partial charge in [-0.05, 0) is 37.8 Å². The van der Waals surface area contributed by atoms with Crippen molar-refractivity contribution in [3.8, 4) is 0 Å². The third-order valence-corrected chi connectivity index (χ3v) is 6.05. The molecule has 1 spiro atoms. The average molecular weight is 326 g/mol. The fourth-order valence-electron chi connectivity index (χ4n) is 4.54. The number of nitrogens with one attached hydrogen (secondary N) is 1. The number of carbonyl (C=O) groups is 2. The van der Waals surface area contributed by atoms with Gasteiger partial charge < -0.3 is 10.2 Å². The minimum atomic E-state index is -0.0361. The van der Waals surface area contributed by atoms with Gasteiger partial charge in [-0.1, -0.05) is 37.5 Å². The molecule has 1 saturated heterocycles. The van der Waals surface area contributed by atoms with Crippen LogP contribution < -0.4 is 5.32 Å². The van der Waals surface area contributed by atoms with Gasteiger partial charge in [0, 0.05) is 30.1 Å². The molecule has 0 radical (unpaired) electrons. The molecule has 3 aliphatic rings. The van der Waals surface area contributed by atoms with Crippen molar-refractivity contribution in [1.29, 1.82) is 0 Å². The standard InChI is InChI=1S/C20H26N2O2/c23-18(21-16-9-10-16)17-13-22(14-20(17)11-5-2-6-12-20)19(24)15-7-3-1-4-8-15/h1,3-4,7-8,16-17H,2,5-6,9-14H2,(H,21,23). The first-order valence-corrected chi connectivity index (χ1v) is 9.33. The van der Waals surface area contributed by atoms with Crippen LogP contribution in [0.2, 0.25) is 0 Å². The lowest BCUT2D eigenvalue weighted by Crippen LogP contribution is -2.43. The van der Waals surface area contributed by atoms with Crippen LogP contribution in [0.5, 0.6) is 0 Å². The molecule has 24 heavy (non-hydrogen) atoms. The zero-order chi connectivity index (χ0) is 16.6. The fourth-order valence-corrected chi connectivity index (χ4v) is 4.54. The Morgan fingerprint density at radius 3 is 2.42 bits per heavy atom. The summed E-state index contributed by atoms with van der Waals surface area (Å²) in [5.74, 6) is 0.219. The van der Waals surface area contributed by atoms with Crippen LogP contribution in [-0.4, -0.2) is 35.8 Å². The number of rotatable bonds is 3. The molecule has 1 heterocycles. The number of benzene rings is 1. The molecule has 2 saturated carbocycles. The van der Waals surface area contributed by atoms with Gasteiger partial charge >= 0.3 is 0 Å². The Bertz CT molecular complexity index is 618. The monoisotopic (exact) mass is 326 g/mol. The lowest BCUT2D eigenvalue weighted by Gasteiger charge is -2.37. The second kappa shape index (κ2) is 6.23. The molecule has 1 atom stereocenters. The van der Waals surface area contributed by atoms with Crippen LogP contribution in [0.25, 0.3) is 0 Å². The summed E-state index contributed by atoms with van der Waals surface area (Å²) in [4.78, 5) is 27.6. The largest absolute Gasteiger partial charge is 0.353 e. The Kier molecular flexibility index (Phi) is 4.07. The number of hydrogen-bond donors (Lipinski definition) is 1. The third-order valence-electron chi connectivity index (χ3n) is 6.05. The highest BCUT2D eigenvalue weighted by atomic mass is 16.2. The minimum absolute atomic E-state index is 0.00165. The zero-order valence-electron chi connectivity index (χ0n) is 14.2. The van der Waals surface area contributed by atoms with Crippen LogP contribution >= 0.6 is 0 Å². The molecule has 1 unspecified atom stereocenters. The first-order valence-electron chi connectivity index (χ1n) is 9.33. The van der Waals surface area contributed by atoms with Gasteiger partial charge in [0.2, 0.25) is 5.91 Å². The predicted octanol–water partition coefficient (Wildman–Crippen LogP) is 2.99. The molecule has 1 aliphatic heterocycles. The van der Waals surface area contributed by atoms with Crippen LogP contribution in [-0.2, 0) is 4.79 Å². The summed E-state index contributed by atoms with van der Waals surface area (Å²) in [5, 5.41) is 3.19. The van der Waals surface area contributed by atoms with Crippen LogP contribution in [0, 0.1) is 11.3 Å². The topological polar surface area (TPSA) is 49.4 Å². The molecule has 0 bridgehead atoms. The molecule has 1 aromatic rings. The highest BCUT2D eigenvalue weighted by Crippen LogP contribution is 2.48. The molecular weight excluding hydrogens is 300 g/mol. The van der Waals surface area contributed by atoms with Gasteiger partial charge in [0.25, 0.3) is 5.91 Å². The van der Waals surface area contributed by atoms with Crippen LogP contribution in [0.15, 0.2) is 30.3 Å². The van der Waals surface area contributed by atoms with Gasteiger partial charge in [-0.15, -0.1) is 0 Å². The maximum Gasteiger partial charge on any atom is 0.253 e. The molecule has 128 valence electrons. The van der Waals surface area contributed by atoms with E-state index in [1.54, 1.807) is 0 Å². The maximum absolute atomic E-state index is 12.9. The predicted molar refractivity (Wildman–Crippen MR) is 92.5 cm³/mol. The van der Waals surface area contributed by atoms with Crippen molar-refractivity contribution in [1.82, 2.24) is 10.2 Å². The molecule has 4 nitrogen and oxygen atoms in total. The van der Waals surface area contributed by atoms with E-state index in [0.717, 1.165) is 37.8 Å². The minimum Gasteiger partial charge on any atom is -0.353 e. The van der Waals surface area contributed by atoms with Gasteiger partial charge in [0.1, 0.15) is 0 Å². The molecule has 2 aliphatic carbocycles. The van der Waals surface area contributed by atoms with Crippen molar-refractivity contribution in [2.24, 2.45) is 11.3 Å². The van der Waals surface area contributed by atoms with E-state index in [9.17, 15) is 9.59 Å². The summed E-state index contributed by atoms with van der Waals surface area (Å²) in [5.41, 5.74) is 0.730. The summed E-state index contributed by atoms with van der Waals surface area (Å²) >= 11 is 0. The summed E-state index contributed by atoms with van der Waals surface area (Å²) in [6.07, 6.45) is 7.99. The van der Waals surface area contributed by atoms with E-state index in [1.807, 2.05) is 35.2 Å². The van der Waals surface area contributed by atoms with Crippen molar-refractivity contribution in [2.75, 3.05) is 13.1 Å². The van der Waals surface area contributed by atoms with Crippen molar-refractivity contribution in [3.63, 3.8) is 0 Å². The smallest absolute Gasteiger partial charge is 0.253 e. The van der Waals surface area contributed by atoms with Crippen molar-refractivity contribution >= 4 is 11.8 Å². The van der Waals surface area contributed by atoms with E-state index in [-0.39, 0.29) is 23.1 Å². The second-order valence-electron chi connectivity index (χ2n) is 7.81. The first kappa shape index (κ1) is 15.7. The van der Waals surface area contributed by atoms with Gasteiger partial charge in [-0.2, -0.15) is 0 Å². The van der Waals surface area contributed by atoms with Gasteiger partial charge in [-0.25, -0.2) is 0 Å². The van der Waals surface area contributed by atoms with E-state index in [4.69, 9.17) is 0 Å². The van der Waals surface area contributed by atoms with Crippen molar-refractivity contribution in [2.45, 2.75) is 51.0 Å². The number of likely N-dealkylation sites (tertiary alicyclic amines) is 1. The molecule has 2 amide bonds. The van der Waals surface area contributed by atoms with Crippen LogP contribution in [0.3, 0.4) is 0 Å². The van der Waals surface area contributed by atoms with Gasteiger partial charge in [0.05, 0.1) is 5.92 Å². The highest BCUT2D eigenvalue weighted by Gasteiger charge is 2.51. The molecule has 1 N–H and O–H groups in total. The van der Waals surface area contributed by atoms with E-state index in [2.05, 4.69) is 5.32 Å².